The van der Waals surface area contributed by atoms with Crippen LogP contribution in [0.1, 0.15) is 48.5 Å². The highest BCUT2D eigenvalue weighted by Gasteiger charge is 2.55. The molecule has 0 aromatic heterocycles. The first-order valence-corrected chi connectivity index (χ1v) is 13.5. The van der Waals surface area contributed by atoms with Crippen LogP contribution in [-0.2, 0) is 71.5 Å². The van der Waals surface area contributed by atoms with Crippen molar-refractivity contribution in [2.24, 2.45) is 0 Å². The van der Waals surface area contributed by atoms with Crippen molar-refractivity contribution in [3.8, 4) is 0 Å². The first-order chi connectivity index (χ1) is 20.5. The number of amides is 2. The Labute approximate surface area is 252 Å². The van der Waals surface area contributed by atoms with Crippen LogP contribution >= 0.6 is 0 Å². The van der Waals surface area contributed by atoms with Gasteiger partial charge in [-0.05, 0) is 0 Å². The van der Waals surface area contributed by atoms with E-state index in [1.54, 1.807) is 0 Å². The summed E-state index contributed by atoms with van der Waals surface area (Å²) in [7, 11) is 0. The number of ether oxygens (including phenoxy) is 8. The number of aliphatic hydroxyl groups excluding tert-OH is 1. The number of esters is 5. The van der Waals surface area contributed by atoms with Gasteiger partial charge in [0.2, 0.25) is 11.8 Å². The fourth-order valence-electron chi connectivity index (χ4n) is 4.70. The van der Waals surface area contributed by atoms with Crippen molar-refractivity contribution in [3.63, 3.8) is 0 Å². The van der Waals surface area contributed by atoms with E-state index in [1.165, 1.54) is 0 Å². The van der Waals surface area contributed by atoms with Crippen LogP contribution in [0.2, 0.25) is 0 Å². The molecule has 3 N–H and O–H groups in total. The first-order valence-electron chi connectivity index (χ1n) is 13.5. The molecule has 2 rings (SSSR count). The fourth-order valence-corrected chi connectivity index (χ4v) is 4.70. The van der Waals surface area contributed by atoms with Gasteiger partial charge >= 0.3 is 29.8 Å². The number of carbonyl (C=O) groups excluding carboxylic acids is 7. The summed E-state index contributed by atoms with van der Waals surface area (Å²) in [5, 5.41) is 15.6. The van der Waals surface area contributed by atoms with Gasteiger partial charge in [0.1, 0.15) is 43.6 Å². The fraction of sp³-hybridized carbons (Fsp3) is 0.731. The van der Waals surface area contributed by atoms with Crippen LogP contribution < -0.4 is 10.6 Å². The molecule has 2 saturated heterocycles. The molecular weight excluding hydrogens is 596 g/mol. The van der Waals surface area contributed by atoms with Crippen LogP contribution in [-0.4, -0.2) is 121 Å². The third-order valence-corrected chi connectivity index (χ3v) is 6.15. The number of aliphatic hydroxyl groups is 1. The molecule has 18 nitrogen and oxygen atoms in total. The lowest BCUT2D eigenvalue weighted by Gasteiger charge is -2.49. The van der Waals surface area contributed by atoms with Gasteiger partial charge in [-0.2, -0.15) is 0 Å². The van der Waals surface area contributed by atoms with Gasteiger partial charge in [0, 0.05) is 48.5 Å². The average molecular weight is 635 g/mol. The topological polar surface area (TPSA) is 238 Å². The van der Waals surface area contributed by atoms with E-state index in [4.69, 9.17) is 37.9 Å². The molecule has 44 heavy (non-hydrogen) atoms. The molecular formula is C26H38N2O16. The molecule has 0 bridgehead atoms. The molecule has 18 heteroatoms. The zero-order valence-corrected chi connectivity index (χ0v) is 25.3. The first kappa shape index (κ1) is 36.3. The standard InChI is InChI=1S/C26H38N2O16/c1-10(29)27-19-23(40-15(6)34)22(17(42-25(19)36)8-37-12(3)31)44-26-20(28-11(2)30)24(41-16(7)35)21(39-14(5)33)18(43-26)9-38-13(4)32/h17-26,36H,8-9H2,1-7H3,(H,27,29)(H,28,30)/t17-,18-,19-,20-,21-,22?,23-,24-,25?,26+/m1/s1. The van der Waals surface area contributed by atoms with Crippen LogP contribution in [0, 0.1) is 0 Å². The van der Waals surface area contributed by atoms with Crippen molar-refractivity contribution in [1.29, 1.82) is 0 Å². The largest absolute Gasteiger partial charge is 0.463 e. The second kappa shape index (κ2) is 16.3. The third-order valence-electron chi connectivity index (χ3n) is 6.15. The van der Waals surface area contributed by atoms with Gasteiger partial charge in [0.05, 0.1) is 0 Å². The Kier molecular flexibility index (Phi) is 13.4. The monoisotopic (exact) mass is 634 g/mol. The molecule has 2 heterocycles. The van der Waals surface area contributed by atoms with Crippen LogP contribution in [0.4, 0.5) is 0 Å². The van der Waals surface area contributed by atoms with Crippen molar-refractivity contribution >= 4 is 41.7 Å². The third kappa shape index (κ3) is 10.7. The quantitative estimate of drug-likeness (QED) is 0.161. The Morgan fingerprint density at radius 3 is 1.41 bits per heavy atom. The van der Waals surface area contributed by atoms with E-state index in [9.17, 15) is 38.7 Å². The highest BCUT2D eigenvalue weighted by molar-refractivity contribution is 5.74. The summed E-state index contributed by atoms with van der Waals surface area (Å²) in [6.45, 7) is 6.58. The summed E-state index contributed by atoms with van der Waals surface area (Å²) >= 11 is 0. The Morgan fingerprint density at radius 2 is 0.977 bits per heavy atom. The molecule has 2 aliphatic rings. The summed E-state index contributed by atoms with van der Waals surface area (Å²) in [4.78, 5) is 83.8. The lowest BCUT2D eigenvalue weighted by molar-refractivity contribution is -0.330. The number of hydrogen-bond acceptors (Lipinski definition) is 16. The van der Waals surface area contributed by atoms with Gasteiger partial charge in [-0.15, -0.1) is 0 Å². The van der Waals surface area contributed by atoms with E-state index < -0.39 is 116 Å². The van der Waals surface area contributed by atoms with E-state index >= 15 is 0 Å². The van der Waals surface area contributed by atoms with Crippen LogP contribution in [0.3, 0.4) is 0 Å². The van der Waals surface area contributed by atoms with E-state index in [0.717, 1.165) is 48.5 Å². The minimum Gasteiger partial charge on any atom is -0.463 e. The molecule has 2 aliphatic heterocycles. The number of carbonyl (C=O) groups is 7. The van der Waals surface area contributed by atoms with Crippen molar-refractivity contribution in [1.82, 2.24) is 10.6 Å². The predicted molar refractivity (Wildman–Crippen MR) is 140 cm³/mol. The average Bonchev–Trinajstić information content (AvgIpc) is 2.87. The molecule has 2 amide bonds. The van der Waals surface area contributed by atoms with Gasteiger partial charge in [-0.1, -0.05) is 0 Å². The van der Waals surface area contributed by atoms with E-state index in [1.807, 2.05) is 0 Å². The zero-order chi connectivity index (χ0) is 33.3. The molecule has 0 spiro atoms. The lowest BCUT2D eigenvalue weighted by atomic mass is 9.94. The van der Waals surface area contributed by atoms with Gasteiger partial charge in [-0.25, -0.2) is 0 Å². The smallest absolute Gasteiger partial charge is 0.303 e. The van der Waals surface area contributed by atoms with Gasteiger partial charge < -0.3 is 53.6 Å². The van der Waals surface area contributed by atoms with Crippen molar-refractivity contribution in [2.45, 2.75) is 110 Å². The van der Waals surface area contributed by atoms with E-state index in [2.05, 4.69) is 10.6 Å². The maximum atomic E-state index is 12.3. The zero-order valence-electron chi connectivity index (χ0n) is 25.3. The van der Waals surface area contributed by atoms with Crippen LogP contribution in [0.5, 0.6) is 0 Å². The maximum Gasteiger partial charge on any atom is 0.303 e. The second-order valence-electron chi connectivity index (χ2n) is 9.99. The Bertz CT molecular complexity index is 1100. The number of rotatable bonds is 11. The highest BCUT2D eigenvalue weighted by Crippen LogP contribution is 2.33. The normalized spacial score (nSPS) is 31.5. The number of hydrogen-bond donors (Lipinski definition) is 3. The Morgan fingerprint density at radius 1 is 0.568 bits per heavy atom. The van der Waals surface area contributed by atoms with Gasteiger partial charge in [0.15, 0.2) is 30.9 Å². The van der Waals surface area contributed by atoms with Gasteiger partial charge in [-0.3, -0.25) is 33.6 Å². The van der Waals surface area contributed by atoms with Gasteiger partial charge in [0.25, 0.3) is 0 Å². The molecule has 0 saturated carbocycles. The SMILES string of the molecule is CC(=O)N[C@H]1[C@H](OC2[C@@H](COC(C)=O)OC(O)[C@H](NC(C)=O)[C@H]2OC(C)=O)O[C@H](COC(C)=O)[C@@H](OC(C)=O)[C@@H]1OC(C)=O. The van der Waals surface area contributed by atoms with Crippen molar-refractivity contribution in [2.75, 3.05) is 13.2 Å². The molecule has 248 valence electrons. The summed E-state index contributed by atoms with van der Waals surface area (Å²) in [6, 6.07) is -2.83. The summed E-state index contributed by atoms with van der Waals surface area (Å²) in [5.74, 6) is -5.31. The van der Waals surface area contributed by atoms with Crippen LogP contribution in [0.25, 0.3) is 0 Å². The predicted octanol–water partition coefficient (Wildman–Crippen LogP) is -2.26. The highest BCUT2D eigenvalue weighted by atomic mass is 16.7. The molecule has 10 atom stereocenters. The molecule has 0 radical (unpaired) electrons. The van der Waals surface area contributed by atoms with Crippen molar-refractivity contribution in [3.05, 3.63) is 0 Å². The minimum atomic E-state index is -1.78. The number of nitrogens with one attached hydrogen (secondary N) is 2. The van der Waals surface area contributed by atoms with E-state index in [0.29, 0.717) is 0 Å². The summed E-state index contributed by atoms with van der Waals surface area (Å²) in [5.41, 5.74) is 0. The summed E-state index contributed by atoms with van der Waals surface area (Å²) < 4.78 is 44.2. The molecule has 0 aromatic rings. The Balaban J connectivity index is 2.66. The Hall–Kier alpha value is -3.87. The van der Waals surface area contributed by atoms with E-state index in [-0.39, 0.29) is 0 Å². The molecule has 2 unspecified atom stereocenters. The summed E-state index contributed by atoms with van der Waals surface area (Å²) in [6.07, 6.45) is -12.1. The molecule has 0 aliphatic carbocycles. The molecule has 2 fully saturated rings. The minimum absolute atomic E-state index is 0.531. The lowest BCUT2D eigenvalue weighted by Crippen LogP contribution is -2.70. The van der Waals surface area contributed by atoms with Crippen molar-refractivity contribution < 1.29 is 76.6 Å². The van der Waals surface area contributed by atoms with Crippen LogP contribution in [0.15, 0.2) is 0 Å². The molecule has 0 aromatic carbocycles. The second-order valence-corrected chi connectivity index (χ2v) is 9.99. The maximum absolute atomic E-state index is 12.3.